The van der Waals surface area contributed by atoms with Gasteiger partial charge < -0.3 is 4.42 Å². The van der Waals surface area contributed by atoms with Crippen LogP contribution >= 0.6 is 27.3 Å². The van der Waals surface area contributed by atoms with Crippen LogP contribution in [0.15, 0.2) is 54.2 Å². The SMILES string of the molecule is O=c1oc(=O)n(Cc2sccc2Br)c2ccccc12. The van der Waals surface area contributed by atoms with Crippen LogP contribution < -0.4 is 11.4 Å². The van der Waals surface area contributed by atoms with Crippen LogP contribution in [0.5, 0.6) is 0 Å². The quantitative estimate of drug-likeness (QED) is 0.722. The number of para-hydroxylation sites is 1. The molecule has 0 aliphatic rings. The zero-order chi connectivity index (χ0) is 13.4. The van der Waals surface area contributed by atoms with Gasteiger partial charge in [0.1, 0.15) is 0 Å². The Balaban J connectivity index is 2.27. The molecular weight excluding hydrogens is 330 g/mol. The molecule has 0 fully saturated rings. The predicted octanol–water partition coefficient (Wildman–Crippen LogP) is 2.83. The van der Waals surface area contributed by atoms with Crippen molar-refractivity contribution in [1.29, 1.82) is 0 Å². The van der Waals surface area contributed by atoms with E-state index in [1.807, 2.05) is 11.4 Å². The number of hydrogen-bond donors (Lipinski definition) is 0. The summed E-state index contributed by atoms with van der Waals surface area (Å²) in [6.45, 7) is 0.376. The average Bonchev–Trinajstić information content (AvgIpc) is 2.80. The van der Waals surface area contributed by atoms with E-state index in [9.17, 15) is 9.59 Å². The lowest BCUT2D eigenvalue weighted by atomic mass is 10.2. The molecule has 2 heterocycles. The summed E-state index contributed by atoms with van der Waals surface area (Å²) in [4.78, 5) is 24.5. The van der Waals surface area contributed by atoms with Crippen molar-refractivity contribution in [2.75, 3.05) is 0 Å². The summed E-state index contributed by atoms with van der Waals surface area (Å²) in [5, 5.41) is 2.35. The second kappa shape index (κ2) is 4.79. The summed E-state index contributed by atoms with van der Waals surface area (Å²) in [5.74, 6) is -0.635. The van der Waals surface area contributed by atoms with Gasteiger partial charge in [0.25, 0.3) is 0 Å². The highest BCUT2D eigenvalue weighted by Gasteiger charge is 2.11. The van der Waals surface area contributed by atoms with Gasteiger partial charge in [-0.15, -0.1) is 11.3 Å². The molecule has 0 aliphatic carbocycles. The molecule has 6 heteroatoms. The maximum Gasteiger partial charge on any atom is 0.422 e. The van der Waals surface area contributed by atoms with E-state index in [1.165, 1.54) is 15.9 Å². The predicted molar refractivity (Wildman–Crippen MR) is 77.9 cm³/mol. The van der Waals surface area contributed by atoms with Crippen LogP contribution in [0.4, 0.5) is 0 Å². The second-order valence-electron chi connectivity index (χ2n) is 3.95. The molecule has 19 heavy (non-hydrogen) atoms. The van der Waals surface area contributed by atoms with E-state index in [1.54, 1.807) is 24.3 Å². The van der Waals surface area contributed by atoms with Crippen LogP contribution in [0.1, 0.15) is 4.88 Å². The Morgan fingerprint density at radius 2 is 2.00 bits per heavy atom. The Morgan fingerprint density at radius 3 is 2.74 bits per heavy atom. The van der Waals surface area contributed by atoms with Gasteiger partial charge in [-0.25, -0.2) is 9.59 Å². The van der Waals surface area contributed by atoms with Gasteiger partial charge in [-0.3, -0.25) is 4.57 Å². The fourth-order valence-electron chi connectivity index (χ4n) is 1.90. The average molecular weight is 338 g/mol. The van der Waals surface area contributed by atoms with Crippen molar-refractivity contribution < 1.29 is 4.42 Å². The molecule has 0 unspecified atom stereocenters. The molecule has 0 atom stereocenters. The molecule has 96 valence electrons. The lowest BCUT2D eigenvalue weighted by molar-refractivity contribution is 0.425. The van der Waals surface area contributed by atoms with Crippen molar-refractivity contribution in [3.8, 4) is 0 Å². The third kappa shape index (κ3) is 2.17. The number of rotatable bonds is 2. The molecular formula is C13H8BrNO3S. The number of thiophene rings is 1. The first-order chi connectivity index (χ1) is 9.16. The van der Waals surface area contributed by atoms with E-state index < -0.39 is 11.4 Å². The summed E-state index contributed by atoms with van der Waals surface area (Å²) in [7, 11) is 0. The van der Waals surface area contributed by atoms with Gasteiger partial charge in [-0.2, -0.15) is 0 Å². The molecule has 0 aliphatic heterocycles. The van der Waals surface area contributed by atoms with E-state index in [0.717, 1.165) is 9.35 Å². The monoisotopic (exact) mass is 337 g/mol. The molecule has 4 nitrogen and oxygen atoms in total. The lowest BCUT2D eigenvalue weighted by Gasteiger charge is -2.07. The van der Waals surface area contributed by atoms with E-state index in [4.69, 9.17) is 4.42 Å². The number of aromatic nitrogens is 1. The maximum absolute atomic E-state index is 11.9. The van der Waals surface area contributed by atoms with Crippen LogP contribution in [0.2, 0.25) is 0 Å². The first kappa shape index (κ1) is 12.4. The minimum atomic E-state index is -0.635. The standard InChI is InChI=1S/C13H8BrNO3S/c14-9-5-6-19-11(9)7-15-10-4-2-1-3-8(10)12(16)18-13(15)17/h1-6H,7H2. The van der Waals surface area contributed by atoms with Gasteiger partial charge in [0, 0.05) is 9.35 Å². The molecule has 0 saturated carbocycles. The highest BCUT2D eigenvalue weighted by Crippen LogP contribution is 2.23. The normalized spacial score (nSPS) is 11.0. The Kier molecular flexibility index (Phi) is 3.12. The number of hydrogen-bond acceptors (Lipinski definition) is 4. The van der Waals surface area contributed by atoms with Crippen molar-refractivity contribution in [2.24, 2.45) is 0 Å². The molecule has 0 amide bonds. The number of fused-ring (bicyclic) bond motifs is 1. The lowest BCUT2D eigenvalue weighted by Crippen LogP contribution is -2.25. The zero-order valence-electron chi connectivity index (χ0n) is 9.63. The van der Waals surface area contributed by atoms with E-state index in [2.05, 4.69) is 15.9 Å². The van der Waals surface area contributed by atoms with Crippen molar-refractivity contribution >= 4 is 38.2 Å². The Morgan fingerprint density at radius 1 is 1.21 bits per heavy atom. The van der Waals surface area contributed by atoms with Crippen LogP contribution in [0.25, 0.3) is 10.9 Å². The van der Waals surface area contributed by atoms with E-state index in [-0.39, 0.29) is 0 Å². The van der Waals surface area contributed by atoms with E-state index in [0.29, 0.717) is 17.4 Å². The molecule has 0 saturated heterocycles. The van der Waals surface area contributed by atoms with Crippen LogP contribution in [0, 0.1) is 0 Å². The fraction of sp³-hybridized carbons (Fsp3) is 0.0769. The molecule has 0 spiro atoms. The molecule has 3 aromatic rings. The fourth-order valence-corrected chi connectivity index (χ4v) is 3.37. The van der Waals surface area contributed by atoms with Gasteiger partial charge in [0.2, 0.25) is 0 Å². The minimum absolute atomic E-state index is 0.376. The van der Waals surface area contributed by atoms with Crippen molar-refractivity contribution in [3.05, 3.63) is 66.0 Å². The summed E-state index contributed by atoms with van der Waals surface area (Å²) < 4.78 is 7.16. The van der Waals surface area contributed by atoms with Crippen LogP contribution in [-0.2, 0) is 6.54 Å². The molecule has 2 aromatic heterocycles. The summed E-state index contributed by atoms with van der Waals surface area (Å²) in [5.41, 5.74) is -0.00820. The molecule has 0 bridgehead atoms. The molecule has 1 aromatic carbocycles. The van der Waals surface area contributed by atoms with Gasteiger partial charge in [0.05, 0.1) is 17.4 Å². The smallest absolute Gasteiger partial charge is 0.372 e. The zero-order valence-corrected chi connectivity index (χ0v) is 12.0. The van der Waals surface area contributed by atoms with Crippen molar-refractivity contribution in [1.82, 2.24) is 4.57 Å². The minimum Gasteiger partial charge on any atom is -0.372 e. The first-order valence-electron chi connectivity index (χ1n) is 5.51. The molecule has 0 radical (unpaired) electrons. The topological polar surface area (TPSA) is 52.2 Å². The largest absolute Gasteiger partial charge is 0.422 e. The highest BCUT2D eigenvalue weighted by molar-refractivity contribution is 9.10. The van der Waals surface area contributed by atoms with Crippen LogP contribution in [0.3, 0.4) is 0 Å². The Labute approximate surface area is 120 Å². The summed E-state index contributed by atoms with van der Waals surface area (Å²) >= 11 is 4.97. The van der Waals surface area contributed by atoms with Crippen molar-refractivity contribution in [3.63, 3.8) is 0 Å². The van der Waals surface area contributed by atoms with Gasteiger partial charge in [-0.1, -0.05) is 12.1 Å². The van der Waals surface area contributed by atoms with Crippen LogP contribution in [-0.4, -0.2) is 4.57 Å². The third-order valence-electron chi connectivity index (χ3n) is 2.81. The second-order valence-corrected chi connectivity index (χ2v) is 5.81. The summed E-state index contributed by atoms with van der Waals surface area (Å²) in [6.07, 6.45) is 0. The van der Waals surface area contributed by atoms with Gasteiger partial charge in [0.15, 0.2) is 0 Å². The first-order valence-corrected chi connectivity index (χ1v) is 7.18. The summed E-state index contributed by atoms with van der Waals surface area (Å²) in [6, 6.07) is 8.86. The Hall–Kier alpha value is -1.66. The van der Waals surface area contributed by atoms with E-state index >= 15 is 0 Å². The van der Waals surface area contributed by atoms with Gasteiger partial charge in [-0.05, 0) is 39.5 Å². The molecule has 0 N–H and O–H groups in total. The Bertz CT molecular complexity index is 862. The number of benzene rings is 1. The van der Waals surface area contributed by atoms with Gasteiger partial charge >= 0.3 is 11.4 Å². The number of halogens is 1. The van der Waals surface area contributed by atoms with Crippen molar-refractivity contribution in [2.45, 2.75) is 6.54 Å². The maximum atomic E-state index is 11.9. The highest BCUT2D eigenvalue weighted by atomic mass is 79.9. The molecule has 3 rings (SSSR count). The number of nitrogens with zero attached hydrogens (tertiary/aromatic N) is 1. The third-order valence-corrected chi connectivity index (χ3v) is 4.72.